The molecule has 32 heavy (non-hydrogen) atoms. The van der Waals surface area contributed by atoms with Crippen LogP contribution in [-0.4, -0.2) is 42.0 Å². The van der Waals surface area contributed by atoms with Crippen LogP contribution in [-0.2, 0) is 22.6 Å². The molecule has 10 heteroatoms. The van der Waals surface area contributed by atoms with Gasteiger partial charge < -0.3 is 10.1 Å². The number of rotatable bonds is 5. The lowest BCUT2D eigenvalue weighted by Gasteiger charge is -2.22. The average molecular weight is 466 g/mol. The van der Waals surface area contributed by atoms with Crippen LogP contribution in [0, 0.1) is 0 Å². The SMILES string of the molecule is O=c1cc(C(F)(F)F)c2cc(Cc3ccc(S(=O)(=O)N4CCCC4CO)cc3)ccc2[nH]1. The van der Waals surface area contributed by atoms with E-state index in [1.807, 2.05) is 0 Å². The van der Waals surface area contributed by atoms with Crippen LogP contribution in [0.15, 0.2) is 58.2 Å². The minimum absolute atomic E-state index is 0.0964. The number of nitrogens with zero attached hydrogens (tertiary/aromatic N) is 1. The number of alkyl halides is 3. The number of pyridine rings is 1. The highest BCUT2D eigenvalue weighted by molar-refractivity contribution is 7.89. The first-order chi connectivity index (χ1) is 15.1. The van der Waals surface area contributed by atoms with Gasteiger partial charge in [-0.15, -0.1) is 0 Å². The molecule has 2 heterocycles. The van der Waals surface area contributed by atoms with Crippen molar-refractivity contribution in [3.05, 3.63) is 75.6 Å². The first-order valence-corrected chi connectivity index (χ1v) is 11.5. The number of benzene rings is 2. The molecule has 0 spiro atoms. The van der Waals surface area contributed by atoms with Gasteiger partial charge in [-0.3, -0.25) is 4.79 Å². The highest BCUT2D eigenvalue weighted by Crippen LogP contribution is 2.34. The fourth-order valence-electron chi connectivity index (χ4n) is 4.10. The molecule has 1 aromatic heterocycles. The summed E-state index contributed by atoms with van der Waals surface area (Å²) >= 11 is 0. The molecule has 3 aromatic rings. The van der Waals surface area contributed by atoms with Gasteiger partial charge >= 0.3 is 6.18 Å². The lowest BCUT2D eigenvalue weighted by atomic mass is 10.0. The fraction of sp³-hybridized carbons (Fsp3) is 0.318. The molecule has 6 nitrogen and oxygen atoms in total. The van der Waals surface area contributed by atoms with Crippen molar-refractivity contribution >= 4 is 20.9 Å². The third-order valence-corrected chi connectivity index (χ3v) is 7.65. The van der Waals surface area contributed by atoms with Gasteiger partial charge in [-0.25, -0.2) is 8.42 Å². The Balaban J connectivity index is 1.61. The quantitative estimate of drug-likeness (QED) is 0.604. The molecule has 0 radical (unpaired) electrons. The first kappa shape index (κ1) is 22.5. The molecule has 170 valence electrons. The number of hydrogen-bond donors (Lipinski definition) is 2. The van der Waals surface area contributed by atoms with Gasteiger partial charge in [-0.05, 0) is 54.7 Å². The predicted octanol–water partition coefficient (Wildman–Crippen LogP) is 3.28. The van der Waals surface area contributed by atoms with Crippen LogP contribution in [0.25, 0.3) is 10.9 Å². The van der Waals surface area contributed by atoms with Crippen LogP contribution >= 0.6 is 0 Å². The third-order valence-electron chi connectivity index (χ3n) is 5.68. The molecule has 1 atom stereocenters. The van der Waals surface area contributed by atoms with Crippen molar-refractivity contribution in [3.8, 4) is 0 Å². The lowest BCUT2D eigenvalue weighted by molar-refractivity contribution is -0.136. The molecule has 1 fully saturated rings. The lowest BCUT2D eigenvalue weighted by Crippen LogP contribution is -2.37. The highest BCUT2D eigenvalue weighted by atomic mass is 32.2. The van der Waals surface area contributed by atoms with Crippen molar-refractivity contribution in [2.24, 2.45) is 0 Å². The van der Waals surface area contributed by atoms with Gasteiger partial charge in [0.2, 0.25) is 15.6 Å². The summed E-state index contributed by atoms with van der Waals surface area (Å²) in [7, 11) is -3.73. The zero-order valence-corrected chi connectivity index (χ0v) is 17.7. The number of aromatic amines is 1. The Bertz CT molecular complexity index is 1300. The molecule has 0 saturated carbocycles. The molecule has 1 aliphatic heterocycles. The topological polar surface area (TPSA) is 90.5 Å². The summed E-state index contributed by atoms with van der Waals surface area (Å²) in [6.07, 6.45) is -3.07. The molecular weight excluding hydrogens is 445 g/mol. The van der Waals surface area contributed by atoms with E-state index in [0.29, 0.717) is 31.0 Å². The normalized spacial score (nSPS) is 17.8. The number of fused-ring (bicyclic) bond motifs is 1. The van der Waals surface area contributed by atoms with Crippen molar-refractivity contribution in [1.82, 2.24) is 9.29 Å². The molecule has 2 aromatic carbocycles. The van der Waals surface area contributed by atoms with Crippen molar-refractivity contribution in [3.63, 3.8) is 0 Å². The van der Waals surface area contributed by atoms with Gasteiger partial charge in [0.05, 0.1) is 17.1 Å². The predicted molar refractivity (Wildman–Crippen MR) is 113 cm³/mol. The minimum Gasteiger partial charge on any atom is -0.395 e. The van der Waals surface area contributed by atoms with E-state index < -0.39 is 33.4 Å². The molecule has 0 aliphatic carbocycles. The Labute approximate surface area is 182 Å². The van der Waals surface area contributed by atoms with E-state index in [1.165, 1.54) is 28.6 Å². The number of H-pyrrole nitrogens is 1. The Morgan fingerprint density at radius 3 is 2.41 bits per heavy atom. The maximum absolute atomic E-state index is 13.4. The van der Waals surface area contributed by atoms with E-state index in [1.54, 1.807) is 18.2 Å². The van der Waals surface area contributed by atoms with Crippen LogP contribution in [0.5, 0.6) is 0 Å². The monoisotopic (exact) mass is 466 g/mol. The molecular formula is C22H21F3N2O4S. The Morgan fingerprint density at radius 2 is 1.75 bits per heavy atom. The zero-order valence-electron chi connectivity index (χ0n) is 16.9. The zero-order chi connectivity index (χ0) is 23.1. The molecule has 1 saturated heterocycles. The van der Waals surface area contributed by atoms with E-state index >= 15 is 0 Å². The van der Waals surface area contributed by atoms with Gasteiger partial charge in [-0.2, -0.15) is 17.5 Å². The Kier molecular flexibility index (Phi) is 5.87. The molecule has 0 amide bonds. The summed E-state index contributed by atoms with van der Waals surface area (Å²) in [4.78, 5) is 14.1. The standard InChI is InChI=1S/C22H21F3N2O4S/c23-22(24,25)19-12-21(29)26-20-8-5-15(11-18(19)20)10-14-3-6-17(7-4-14)32(30,31)27-9-1-2-16(27)13-28/h3-8,11-12,16,28H,1-2,9-10,13H2,(H,26,29). The smallest absolute Gasteiger partial charge is 0.395 e. The number of nitrogens with one attached hydrogen (secondary N) is 1. The largest absolute Gasteiger partial charge is 0.417 e. The maximum atomic E-state index is 13.4. The van der Waals surface area contributed by atoms with Gasteiger partial charge in [0.15, 0.2) is 0 Å². The molecule has 2 N–H and O–H groups in total. The van der Waals surface area contributed by atoms with E-state index in [4.69, 9.17) is 0 Å². The van der Waals surface area contributed by atoms with Crippen molar-refractivity contribution < 1.29 is 26.7 Å². The number of aromatic nitrogens is 1. The van der Waals surface area contributed by atoms with E-state index in [0.717, 1.165) is 5.56 Å². The number of aliphatic hydroxyl groups is 1. The van der Waals surface area contributed by atoms with Crippen LogP contribution in [0.2, 0.25) is 0 Å². The summed E-state index contributed by atoms with van der Waals surface area (Å²) in [6.45, 7) is 0.125. The Morgan fingerprint density at radius 1 is 1.06 bits per heavy atom. The van der Waals surface area contributed by atoms with E-state index in [2.05, 4.69) is 4.98 Å². The third kappa shape index (κ3) is 4.30. The number of hydrogen-bond acceptors (Lipinski definition) is 4. The summed E-state index contributed by atoms with van der Waals surface area (Å²) in [5.74, 6) is 0. The van der Waals surface area contributed by atoms with E-state index in [9.17, 15) is 31.5 Å². The van der Waals surface area contributed by atoms with Crippen LogP contribution in [0.3, 0.4) is 0 Å². The Hall–Kier alpha value is -2.69. The van der Waals surface area contributed by atoms with Crippen molar-refractivity contribution in [2.45, 2.75) is 36.4 Å². The van der Waals surface area contributed by atoms with Gasteiger partial charge in [-0.1, -0.05) is 18.2 Å². The van der Waals surface area contributed by atoms with Gasteiger partial charge in [0.25, 0.3) is 0 Å². The van der Waals surface area contributed by atoms with Crippen LogP contribution in [0.1, 0.15) is 29.5 Å². The summed E-state index contributed by atoms with van der Waals surface area (Å²) in [5.41, 5.74) is -0.412. The molecule has 4 rings (SSSR count). The number of sulfonamides is 1. The van der Waals surface area contributed by atoms with Crippen LogP contribution in [0.4, 0.5) is 13.2 Å². The fourth-order valence-corrected chi connectivity index (χ4v) is 5.79. The van der Waals surface area contributed by atoms with Crippen molar-refractivity contribution in [2.75, 3.05) is 13.2 Å². The van der Waals surface area contributed by atoms with Gasteiger partial charge in [0.1, 0.15) is 0 Å². The molecule has 1 unspecified atom stereocenters. The number of aliphatic hydroxyl groups excluding tert-OH is 1. The maximum Gasteiger partial charge on any atom is 0.417 e. The minimum atomic E-state index is -4.66. The first-order valence-electron chi connectivity index (χ1n) is 10.0. The molecule has 0 bridgehead atoms. The number of halogens is 3. The summed E-state index contributed by atoms with van der Waals surface area (Å²) in [5, 5.41) is 9.32. The molecule has 1 aliphatic rings. The second-order valence-electron chi connectivity index (χ2n) is 7.84. The highest BCUT2D eigenvalue weighted by Gasteiger charge is 2.35. The van der Waals surface area contributed by atoms with Gasteiger partial charge in [0, 0.05) is 29.6 Å². The summed E-state index contributed by atoms with van der Waals surface area (Å²) in [6, 6.07) is 10.7. The van der Waals surface area contributed by atoms with E-state index in [-0.39, 0.29) is 28.8 Å². The second-order valence-corrected chi connectivity index (χ2v) is 9.73. The summed E-state index contributed by atoms with van der Waals surface area (Å²) < 4.78 is 67.1. The van der Waals surface area contributed by atoms with Crippen LogP contribution < -0.4 is 5.56 Å². The van der Waals surface area contributed by atoms with Crippen molar-refractivity contribution in [1.29, 1.82) is 0 Å². The average Bonchev–Trinajstić information content (AvgIpc) is 3.23. The second kappa shape index (κ2) is 8.34.